The normalized spacial score (nSPS) is 10.2. The first kappa shape index (κ1) is 14.6. The third-order valence-electron chi connectivity index (χ3n) is 3.08. The molecule has 0 aliphatic rings. The zero-order chi connectivity index (χ0) is 15.4. The molecule has 0 heterocycles. The van der Waals surface area contributed by atoms with Gasteiger partial charge >= 0.3 is 0 Å². The van der Waals surface area contributed by atoms with E-state index in [0.29, 0.717) is 11.3 Å². The molecular formula is C15H13FN2O3. The van der Waals surface area contributed by atoms with Crippen LogP contribution in [0.4, 0.5) is 15.8 Å². The Bertz CT molecular complexity index is 701. The molecule has 0 saturated carbocycles. The molecule has 0 bridgehead atoms. The van der Waals surface area contributed by atoms with Crippen LogP contribution in [0.2, 0.25) is 0 Å². The van der Waals surface area contributed by atoms with Gasteiger partial charge in [0, 0.05) is 6.07 Å². The Morgan fingerprint density at radius 2 is 1.95 bits per heavy atom. The molecule has 5 nitrogen and oxygen atoms in total. The fraction of sp³-hybridized carbons (Fsp3) is 0.133. The van der Waals surface area contributed by atoms with E-state index in [0.717, 1.165) is 0 Å². The Labute approximate surface area is 120 Å². The van der Waals surface area contributed by atoms with E-state index in [1.54, 1.807) is 25.1 Å². The maximum atomic E-state index is 13.5. The predicted octanol–water partition coefficient (Wildman–Crippen LogP) is 3.22. The maximum absolute atomic E-state index is 13.5. The second kappa shape index (κ2) is 6.13. The summed E-state index contributed by atoms with van der Waals surface area (Å²) in [6.45, 7) is 1.55. The number of carbonyl (C=O) groups excluding carboxylic acids is 1. The molecule has 108 valence electrons. The highest BCUT2D eigenvalue weighted by atomic mass is 19.1. The summed E-state index contributed by atoms with van der Waals surface area (Å²) >= 11 is 0. The number of anilines is 1. The van der Waals surface area contributed by atoms with Gasteiger partial charge < -0.3 is 5.32 Å². The van der Waals surface area contributed by atoms with Crippen LogP contribution in [0.3, 0.4) is 0 Å². The molecule has 21 heavy (non-hydrogen) atoms. The van der Waals surface area contributed by atoms with Crippen LogP contribution in [-0.4, -0.2) is 10.8 Å². The van der Waals surface area contributed by atoms with Crippen molar-refractivity contribution in [1.82, 2.24) is 0 Å². The molecule has 0 atom stereocenters. The van der Waals surface area contributed by atoms with Crippen molar-refractivity contribution in [3.8, 4) is 0 Å². The van der Waals surface area contributed by atoms with Crippen molar-refractivity contribution in [2.45, 2.75) is 13.3 Å². The lowest BCUT2D eigenvalue weighted by atomic mass is 10.1. The van der Waals surface area contributed by atoms with Crippen LogP contribution in [0.5, 0.6) is 0 Å². The van der Waals surface area contributed by atoms with Crippen molar-refractivity contribution in [3.63, 3.8) is 0 Å². The minimum Gasteiger partial charge on any atom is -0.325 e. The average molecular weight is 288 g/mol. The SMILES string of the molecule is Cc1c(NC(=O)Cc2ccccc2F)cccc1[N+](=O)[O-]. The van der Waals surface area contributed by atoms with Crippen molar-refractivity contribution >= 4 is 17.3 Å². The van der Waals surface area contributed by atoms with Crippen LogP contribution in [0.25, 0.3) is 0 Å². The lowest BCUT2D eigenvalue weighted by Gasteiger charge is -2.09. The second-order valence-corrected chi connectivity index (χ2v) is 4.52. The number of benzene rings is 2. The topological polar surface area (TPSA) is 72.2 Å². The molecule has 0 unspecified atom stereocenters. The zero-order valence-corrected chi connectivity index (χ0v) is 11.3. The van der Waals surface area contributed by atoms with E-state index < -0.39 is 16.6 Å². The first-order valence-corrected chi connectivity index (χ1v) is 6.26. The Kier molecular flexibility index (Phi) is 4.27. The van der Waals surface area contributed by atoms with E-state index in [1.165, 1.54) is 24.3 Å². The monoisotopic (exact) mass is 288 g/mol. The smallest absolute Gasteiger partial charge is 0.274 e. The third-order valence-corrected chi connectivity index (χ3v) is 3.08. The molecule has 0 radical (unpaired) electrons. The number of carbonyl (C=O) groups is 1. The third kappa shape index (κ3) is 3.42. The first-order chi connectivity index (χ1) is 9.99. The Balaban J connectivity index is 2.15. The highest BCUT2D eigenvalue weighted by molar-refractivity contribution is 5.93. The van der Waals surface area contributed by atoms with Gasteiger partial charge in [-0.2, -0.15) is 0 Å². The van der Waals surface area contributed by atoms with Gasteiger partial charge in [0.05, 0.1) is 22.6 Å². The molecule has 6 heteroatoms. The van der Waals surface area contributed by atoms with Crippen LogP contribution in [0, 0.1) is 22.9 Å². The molecule has 0 saturated heterocycles. The molecule has 0 aliphatic carbocycles. The molecule has 0 aromatic heterocycles. The Morgan fingerprint density at radius 3 is 2.62 bits per heavy atom. The van der Waals surface area contributed by atoms with E-state index in [-0.39, 0.29) is 17.7 Å². The van der Waals surface area contributed by atoms with E-state index >= 15 is 0 Å². The molecule has 2 aromatic rings. The van der Waals surface area contributed by atoms with Gasteiger partial charge in [-0.05, 0) is 24.6 Å². The molecule has 0 spiro atoms. The highest BCUT2D eigenvalue weighted by Gasteiger charge is 2.15. The summed E-state index contributed by atoms with van der Waals surface area (Å²) in [5.74, 6) is -0.882. The number of nitro groups is 1. The number of amides is 1. The van der Waals surface area contributed by atoms with Crippen molar-refractivity contribution in [2.75, 3.05) is 5.32 Å². The molecular weight excluding hydrogens is 275 g/mol. The number of nitro benzene ring substituents is 1. The van der Waals surface area contributed by atoms with Crippen molar-refractivity contribution in [3.05, 3.63) is 69.5 Å². The second-order valence-electron chi connectivity index (χ2n) is 4.52. The Morgan fingerprint density at radius 1 is 1.24 bits per heavy atom. The molecule has 0 aliphatic heterocycles. The summed E-state index contributed by atoms with van der Waals surface area (Å²) in [7, 11) is 0. The number of hydrogen-bond donors (Lipinski definition) is 1. The van der Waals surface area contributed by atoms with Crippen molar-refractivity contribution < 1.29 is 14.1 Å². The summed E-state index contributed by atoms with van der Waals surface area (Å²) in [6, 6.07) is 10.4. The standard InChI is InChI=1S/C15H13FN2O3/c1-10-13(7-4-8-14(10)18(20)21)17-15(19)9-11-5-2-3-6-12(11)16/h2-8H,9H2,1H3,(H,17,19). The fourth-order valence-electron chi connectivity index (χ4n) is 1.97. The molecule has 2 rings (SSSR count). The number of halogens is 1. The Hall–Kier alpha value is -2.76. The van der Waals surface area contributed by atoms with Gasteiger partial charge in [-0.15, -0.1) is 0 Å². The van der Waals surface area contributed by atoms with Crippen molar-refractivity contribution in [2.24, 2.45) is 0 Å². The molecule has 0 fully saturated rings. The van der Waals surface area contributed by atoms with Gasteiger partial charge in [-0.3, -0.25) is 14.9 Å². The summed E-state index contributed by atoms with van der Waals surface area (Å²) in [5.41, 5.74) is 0.923. The number of nitrogens with one attached hydrogen (secondary N) is 1. The van der Waals surface area contributed by atoms with Crippen LogP contribution in [0.1, 0.15) is 11.1 Å². The quantitative estimate of drug-likeness (QED) is 0.693. The van der Waals surface area contributed by atoms with E-state index in [9.17, 15) is 19.3 Å². The molecule has 1 amide bonds. The van der Waals surface area contributed by atoms with Gasteiger partial charge in [0.2, 0.25) is 5.91 Å². The minimum absolute atomic E-state index is 0.0707. The first-order valence-electron chi connectivity index (χ1n) is 6.26. The average Bonchev–Trinajstić information content (AvgIpc) is 2.43. The largest absolute Gasteiger partial charge is 0.325 e. The van der Waals surface area contributed by atoms with E-state index in [4.69, 9.17) is 0 Å². The maximum Gasteiger partial charge on any atom is 0.274 e. The molecule has 1 N–H and O–H groups in total. The van der Waals surface area contributed by atoms with Crippen LogP contribution in [-0.2, 0) is 11.2 Å². The van der Waals surface area contributed by atoms with Gasteiger partial charge in [0.25, 0.3) is 5.69 Å². The zero-order valence-electron chi connectivity index (χ0n) is 11.3. The summed E-state index contributed by atoms with van der Waals surface area (Å²) in [5, 5.41) is 13.4. The molecule has 2 aromatic carbocycles. The number of rotatable bonds is 4. The van der Waals surface area contributed by atoms with Gasteiger partial charge in [0.15, 0.2) is 0 Å². The van der Waals surface area contributed by atoms with E-state index in [2.05, 4.69) is 5.32 Å². The minimum atomic E-state index is -0.512. The fourth-order valence-corrected chi connectivity index (χ4v) is 1.97. The van der Waals surface area contributed by atoms with Crippen LogP contribution < -0.4 is 5.32 Å². The number of nitrogens with zero attached hydrogens (tertiary/aromatic N) is 1. The number of hydrogen-bond acceptors (Lipinski definition) is 3. The van der Waals surface area contributed by atoms with Crippen molar-refractivity contribution in [1.29, 1.82) is 0 Å². The van der Waals surface area contributed by atoms with Gasteiger partial charge in [0.1, 0.15) is 5.82 Å². The van der Waals surface area contributed by atoms with Crippen LogP contribution in [0.15, 0.2) is 42.5 Å². The van der Waals surface area contributed by atoms with Gasteiger partial charge in [-0.1, -0.05) is 24.3 Å². The summed E-state index contributed by atoms with van der Waals surface area (Å²) in [4.78, 5) is 22.2. The summed E-state index contributed by atoms with van der Waals surface area (Å²) in [6.07, 6.45) is -0.130. The lowest BCUT2D eigenvalue weighted by molar-refractivity contribution is -0.385. The van der Waals surface area contributed by atoms with E-state index in [1.807, 2.05) is 0 Å². The highest BCUT2D eigenvalue weighted by Crippen LogP contribution is 2.25. The van der Waals surface area contributed by atoms with Crippen LogP contribution >= 0.6 is 0 Å². The summed E-state index contributed by atoms with van der Waals surface area (Å²) < 4.78 is 13.5. The predicted molar refractivity (Wildman–Crippen MR) is 76.6 cm³/mol. The lowest BCUT2D eigenvalue weighted by Crippen LogP contribution is -2.16. The van der Waals surface area contributed by atoms with Gasteiger partial charge in [-0.25, -0.2) is 4.39 Å².